The van der Waals surface area contributed by atoms with Crippen molar-refractivity contribution >= 4 is 17.5 Å². The molecule has 1 aliphatic rings. The number of hydrogen-bond donors (Lipinski definition) is 2. The summed E-state index contributed by atoms with van der Waals surface area (Å²) in [4.78, 5) is 26.5. The third-order valence-electron chi connectivity index (χ3n) is 4.28. The van der Waals surface area contributed by atoms with Crippen LogP contribution in [0.5, 0.6) is 11.5 Å². The van der Waals surface area contributed by atoms with E-state index in [1.807, 2.05) is 4.90 Å². The molecule has 156 valence electrons. The van der Waals surface area contributed by atoms with E-state index in [1.165, 1.54) is 26.4 Å². The van der Waals surface area contributed by atoms with Gasteiger partial charge in [0.15, 0.2) is 11.5 Å². The number of nitrogens with zero attached hydrogens (tertiary/aromatic N) is 1. The summed E-state index contributed by atoms with van der Waals surface area (Å²) in [5, 5.41) is 4.46. The molecule has 10 heteroatoms. The van der Waals surface area contributed by atoms with E-state index in [1.54, 1.807) is 5.32 Å². The molecule has 1 fully saturated rings. The molecule has 0 bridgehead atoms. The quantitative estimate of drug-likeness (QED) is 0.731. The van der Waals surface area contributed by atoms with Crippen LogP contribution in [0.4, 0.5) is 18.9 Å². The van der Waals surface area contributed by atoms with E-state index >= 15 is 0 Å². The maximum Gasteiger partial charge on any atom is 0.405 e. The number of hydrogen-bond acceptors (Lipinski definition) is 5. The Morgan fingerprint density at radius 2 is 1.79 bits per heavy atom. The minimum Gasteiger partial charge on any atom is -0.493 e. The van der Waals surface area contributed by atoms with Crippen molar-refractivity contribution in [3.8, 4) is 11.5 Å². The number of methoxy groups -OCH3 is 2. The second kappa shape index (κ2) is 9.63. The minimum atomic E-state index is -4.53. The molecular weight excluding hydrogens is 379 g/mol. The number of piperidine rings is 1. The molecule has 1 saturated heterocycles. The number of carbonyl (C=O) groups excluding carboxylic acids is 2. The van der Waals surface area contributed by atoms with E-state index in [9.17, 15) is 22.8 Å². The average molecular weight is 403 g/mol. The Morgan fingerprint density at radius 3 is 2.36 bits per heavy atom. The molecule has 1 heterocycles. The Kier molecular flexibility index (Phi) is 7.50. The third kappa shape index (κ3) is 6.29. The molecule has 7 nitrogen and oxygen atoms in total. The van der Waals surface area contributed by atoms with Crippen molar-refractivity contribution < 1.29 is 32.2 Å². The molecule has 1 aliphatic heterocycles. The summed E-state index contributed by atoms with van der Waals surface area (Å²) in [5.41, 5.74) is 0.0659. The molecule has 0 unspecified atom stereocenters. The van der Waals surface area contributed by atoms with Gasteiger partial charge >= 0.3 is 6.18 Å². The highest BCUT2D eigenvalue weighted by molar-refractivity contribution is 5.99. The molecule has 28 heavy (non-hydrogen) atoms. The summed E-state index contributed by atoms with van der Waals surface area (Å²) >= 11 is 0. The van der Waals surface area contributed by atoms with Crippen molar-refractivity contribution in [2.24, 2.45) is 0 Å². The summed E-state index contributed by atoms with van der Waals surface area (Å²) in [7, 11) is 2.69. The smallest absolute Gasteiger partial charge is 0.405 e. The van der Waals surface area contributed by atoms with Crippen LogP contribution in [-0.4, -0.2) is 63.3 Å². The second-order valence-electron chi connectivity index (χ2n) is 6.44. The summed E-state index contributed by atoms with van der Waals surface area (Å²) in [6.07, 6.45) is -1.34. The first-order chi connectivity index (χ1) is 13.2. The molecule has 0 radical (unpaired) electrons. The first-order valence-electron chi connectivity index (χ1n) is 8.86. The van der Waals surface area contributed by atoms with Crippen LogP contribution in [0.15, 0.2) is 12.1 Å². The predicted molar refractivity (Wildman–Crippen MR) is 96.9 cm³/mol. The Balaban J connectivity index is 2.18. The highest BCUT2D eigenvalue weighted by Crippen LogP contribution is 2.36. The number of carbonyl (C=O) groups is 2. The highest BCUT2D eigenvalue weighted by Gasteiger charge is 2.28. The molecule has 0 spiro atoms. The predicted octanol–water partition coefficient (Wildman–Crippen LogP) is 2.42. The molecule has 2 N–H and O–H groups in total. The van der Waals surface area contributed by atoms with Gasteiger partial charge in [0, 0.05) is 5.56 Å². The van der Waals surface area contributed by atoms with Crippen molar-refractivity contribution in [2.45, 2.75) is 25.4 Å². The Hall–Kier alpha value is -2.49. The summed E-state index contributed by atoms with van der Waals surface area (Å²) in [6.45, 7) is 0.369. The van der Waals surface area contributed by atoms with E-state index in [-0.39, 0.29) is 35.2 Å². The lowest BCUT2D eigenvalue weighted by atomic mass is 10.1. The number of amides is 2. The van der Waals surface area contributed by atoms with Gasteiger partial charge in [0.05, 0.1) is 26.5 Å². The normalized spacial score (nSPS) is 15.0. The summed E-state index contributed by atoms with van der Waals surface area (Å²) < 4.78 is 47.4. The van der Waals surface area contributed by atoms with Crippen LogP contribution in [0.1, 0.15) is 29.6 Å². The van der Waals surface area contributed by atoms with Crippen molar-refractivity contribution in [3.63, 3.8) is 0 Å². The van der Waals surface area contributed by atoms with Gasteiger partial charge in [-0.3, -0.25) is 14.5 Å². The second-order valence-corrected chi connectivity index (χ2v) is 6.44. The van der Waals surface area contributed by atoms with Gasteiger partial charge in [-0.15, -0.1) is 0 Å². The van der Waals surface area contributed by atoms with Crippen LogP contribution in [0, 0.1) is 0 Å². The maximum atomic E-state index is 12.4. The Labute approximate surface area is 161 Å². The lowest BCUT2D eigenvalue weighted by Gasteiger charge is -2.25. The van der Waals surface area contributed by atoms with Gasteiger partial charge in [0.1, 0.15) is 6.54 Å². The first-order valence-corrected chi connectivity index (χ1v) is 8.86. The number of nitrogens with one attached hydrogen (secondary N) is 2. The van der Waals surface area contributed by atoms with Crippen LogP contribution >= 0.6 is 0 Å². The topological polar surface area (TPSA) is 79.9 Å². The number of halogens is 3. The molecule has 0 saturated carbocycles. The fraction of sp³-hybridized carbons (Fsp3) is 0.556. The fourth-order valence-corrected chi connectivity index (χ4v) is 2.98. The van der Waals surface area contributed by atoms with E-state index < -0.39 is 18.6 Å². The van der Waals surface area contributed by atoms with E-state index in [0.29, 0.717) is 0 Å². The van der Waals surface area contributed by atoms with E-state index in [4.69, 9.17) is 9.47 Å². The fourth-order valence-electron chi connectivity index (χ4n) is 2.98. The van der Waals surface area contributed by atoms with Gasteiger partial charge in [-0.05, 0) is 38.1 Å². The summed E-state index contributed by atoms with van der Waals surface area (Å²) in [5.74, 6) is -0.947. The zero-order valence-electron chi connectivity index (χ0n) is 15.8. The maximum absolute atomic E-state index is 12.4. The van der Waals surface area contributed by atoms with Crippen LogP contribution in [0.2, 0.25) is 0 Å². The van der Waals surface area contributed by atoms with Gasteiger partial charge in [0.25, 0.3) is 5.91 Å². The van der Waals surface area contributed by atoms with E-state index in [2.05, 4.69) is 5.32 Å². The van der Waals surface area contributed by atoms with Crippen LogP contribution < -0.4 is 20.1 Å². The van der Waals surface area contributed by atoms with Gasteiger partial charge in [-0.1, -0.05) is 6.42 Å². The molecule has 2 rings (SSSR count). The van der Waals surface area contributed by atoms with Crippen molar-refractivity contribution in [1.29, 1.82) is 0 Å². The SMILES string of the molecule is COc1cc(C(=O)NCC(F)(F)F)cc(NC(=O)CN2CCCCC2)c1OC. The van der Waals surface area contributed by atoms with Crippen LogP contribution in [-0.2, 0) is 4.79 Å². The number of likely N-dealkylation sites (tertiary alicyclic amines) is 1. The molecule has 1 aromatic carbocycles. The third-order valence-corrected chi connectivity index (χ3v) is 4.28. The average Bonchev–Trinajstić information content (AvgIpc) is 2.65. The van der Waals surface area contributed by atoms with Crippen molar-refractivity contribution in [3.05, 3.63) is 17.7 Å². The number of anilines is 1. The molecule has 1 aromatic rings. The molecule has 0 aromatic heterocycles. The zero-order valence-corrected chi connectivity index (χ0v) is 15.8. The van der Waals surface area contributed by atoms with Gasteiger partial charge in [-0.2, -0.15) is 13.2 Å². The van der Waals surface area contributed by atoms with Gasteiger partial charge in [0.2, 0.25) is 5.91 Å². The largest absolute Gasteiger partial charge is 0.493 e. The van der Waals surface area contributed by atoms with Gasteiger partial charge < -0.3 is 20.1 Å². The van der Waals surface area contributed by atoms with Crippen molar-refractivity contribution in [2.75, 3.05) is 45.7 Å². The monoisotopic (exact) mass is 403 g/mol. The van der Waals surface area contributed by atoms with Crippen molar-refractivity contribution in [1.82, 2.24) is 10.2 Å². The zero-order chi connectivity index (χ0) is 20.7. The standard InChI is InChI=1S/C18H24F3N3O4/c1-27-14-9-12(17(26)22-11-18(19,20)21)8-13(16(14)28-2)23-15(25)10-24-6-4-3-5-7-24/h8-9H,3-7,10-11H2,1-2H3,(H,22,26)(H,23,25). The molecule has 0 atom stereocenters. The Bertz CT molecular complexity index is 704. The number of alkyl halides is 3. The number of rotatable bonds is 7. The van der Waals surface area contributed by atoms with Gasteiger partial charge in [-0.25, -0.2) is 0 Å². The lowest BCUT2D eigenvalue weighted by molar-refractivity contribution is -0.123. The summed E-state index contributed by atoms with van der Waals surface area (Å²) in [6, 6.07) is 2.52. The minimum absolute atomic E-state index is 0.0878. The molecular formula is C18H24F3N3O4. The van der Waals surface area contributed by atoms with Crippen LogP contribution in [0.25, 0.3) is 0 Å². The number of benzene rings is 1. The Morgan fingerprint density at radius 1 is 1.11 bits per heavy atom. The molecule has 2 amide bonds. The van der Waals surface area contributed by atoms with Crippen LogP contribution in [0.3, 0.4) is 0 Å². The molecule has 0 aliphatic carbocycles. The highest BCUT2D eigenvalue weighted by atomic mass is 19.4. The lowest BCUT2D eigenvalue weighted by Crippen LogP contribution is -2.37. The van der Waals surface area contributed by atoms with E-state index in [0.717, 1.165) is 32.4 Å². The number of ether oxygens (including phenoxy) is 2. The first kappa shape index (κ1) is 21.8.